The standard InChI is InChI=1S/C64H39N5S/c1-4-17-41(18-5-1)60-39-54-63(70-60)61(44-31-35-58-52(38-44)49-25-13-15-27-56(49)68(58)46-21-8-3-9-22-46)66-64(65-54)69-59-34-30-43(37-53(59)50-32-28-40-16-10-11-23-47(40)62(50)69)42-29-33-57-51(36-42)48-24-12-14-26-55(48)67(57)45-19-6-2-7-20-45/h1-39H. The molecule has 6 heteroatoms. The molecule has 0 aliphatic rings. The minimum atomic E-state index is 0.644. The monoisotopic (exact) mass is 909 g/mol. The second-order valence-corrected chi connectivity index (χ2v) is 19.2. The largest absolute Gasteiger partial charge is 0.309 e. The summed E-state index contributed by atoms with van der Waals surface area (Å²) < 4.78 is 8.12. The van der Waals surface area contributed by atoms with Gasteiger partial charge in [-0.15, -0.1) is 11.3 Å². The van der Waals surface area contributed by atoms with Gasteiger partial charge in [-0.05, 0) is 101 Å². The molecule has 0 N–H and O–H groups in total. The highest BCUT2D eigenvalue weighted by Gasteiger charge is 2.23. The van der Waals surface area contributed by atoms with E-state index in [9.17, 15) is 0 Å². The predicted octanol–water partition coefficient (Wildman–Crippen LogP) is 17.1. The first-order chi connectivity index (χ1) is 34.7. The van der Waals surface area contributed by atoms with Crippen LogP contribution in [-0.4, -0.2) is 23.7 Å². The molecule has 0 unspecified atom stereocenters. The number of thiophene rings is 1. The van der Waals surface area contributed by atoms with Gasteiger partial charge in [0, 0.05) is 59.5 Å². The van der Waals surface area contributed by atoms with E-state index in [1.165, 1.54) is 49.0 Å². The van der Waals surface area contributed by atoms with Crippen LogP contribution in [0.25, 0.3) is 137 Å². The van der Waals surface area contributed by atoms with E-state index in [0.717, 1.165) is 81.6 Å². The summed E-state index contributed by atoms with van der Waals surface area (Å²) >= 11 is 1.76. The number of rotatable bonds is 6. The Balaban J connectivity index is 0.971. The van der Waals surface area contributed by atoms with Crippen molar-refractivity contribution in [3.05, 3.63) is 237 Å². The van der Waals surface area contributed by atoms with Gasteiger partial charge in [-0.2, -0.15) is 0 Å². The van der Waals surface area contributed by atoms with E-state index in [4.69, 9.17) is 9.97 Å². The zero-order valence-corrected chi connectivity index (χ0v) is 38.5. The van der Waals surface area contributed by atoms with Crippen molar-refractivity contribution in [2.75, 3.05) is 0 Å². The Morgan fingerprint density at radius 1 is 0.314 bits per heavy atom. The van der Waals surface area contributed by atoms with Gasteiger partial charge in [0.15, 0.2) is 0 Å². The quantitative estimate of drug-likeness (QED) is 0.167. The zero-order chi connectivity index (χ0) is 45.9. The van der Waals surface area contributed by atoms with Gasteiger partial charge in [-0.25, -0.2) is 9.97 Å². The third-order valence-corrected chi connectivity index (χ3v) is 15.4. The molecular weight excluding hydrogens is 871 g/mol. The third kappa shape index (κ3) is 5.84. The smallest absolute Gasteiger partial charge is 0.235 e. The Hall–Kier alpha value is -9.10. The van der Waals surface area contributed by atoms with Crippen LogP contribution >= 0.6 is 11.3 Å². The SMILES string of the molecule is c1ccc(-c2cc3nc(-n4c5ccc(-c6ccc7c(c6)c6ccccc6n7-c6ccccc6)cc5c5ccc6ccccc6c54)nc(-c4ccc5c(c4)c4ccccc4n5-c4ccccc4)c3s2)cc1. The van der Waals surface area contributed by atoms with Crippen molar-refractivity contribution >= 4 is 97.7 Å². The number of fused-ring (bicyclic) bond motifs is 12. The lowest BCUT2D eigenvalue weighted by Gasteiger charge is -2.12. The molecule has 15 aromatic rings. The zero-order valence-electron chi connectivity index (χ0n) is 37.7. The number of aromatic nitrogens is 5. The molecule has 0 bridgehead atoms. The summed E-state index contributed by atoms with van der Waals surface area (Å²) in [7, 11) is 0. The summed E-state index contributed by atoms with van der Waals surface area (Å²) in [6.07, 6.45) is 0. The van der Waals surface area contributed by atoms with E-state index in [1.54, 1.807) is 11.3 Å². The van der Waals surface area contributed by atoms with Crippen molar-refractivity contribution in [2.24, 2.45) is 0 Å². The molecule has 0 saturated carbocycles. The molecule has 0 saturated heterocycles. The minimum absolute atomic E-state index is 0.644. The Labute approximate surface area is 406 Å². The third-order valence-electron chi connectivity index (χ3n) is 14.3. The first kappa shape index (κ1) is 38.9. The van der Waals surface area contributed by atoms with E-state index in [2.05, 4.69) is 250 Å². The van der Waals surface area contributed by atoms with Gasteiger partial charge in [0.25, 0.3) is 0 Å². The van der Waals surface area contributed by atoms with Gasteiger partial charge in [0.2, 0.25) is 5.95 Å². The number of hydrogen-bond donors (Lipinski definition) is 0. The van der Waals surface area contributed by atoms with Crippen molar-refractivity contribution < 1.29 is 0 Å². The molecule has 5 nitrogen and oxygen atoms in total. The van der Waals surface area contributed by atoms with Crippen LogP contribution in [0.15, 0.2) is 237 Å². The second kappa shape index (κ2) is 15.2. The Bertz CT molecular complexity index is 4580. The fourth-order valence-electron chi connectivity index (χ4n) is 11.1. The molecule has 0 amide bonds. The topological polar surface area (TPSA) is 40.6 Å². The van der Waals surface area contributed by atoms with Crippen LogP contribution < -0.4 is 0 Å². The Morgan fingerprint density at radius 3 is 1.43 bits per heavy atom. The van der Waals surface area contributed by atoms with Crippen LogP contribution in [0.1, 0.15) is 0 Å². The van der Waals surface area contributed by atoms with E-state index in [-0.39, 0.29) is 0 Å². The molecule has 0 spiro atoms. The van der Waals surface area contributed by atoms with E-state index in [1.807, 2.05) is 0 Å². The van der Waals surface area contributed by atoms with Crippen molar-refractivity contribution in [3.63, 3.8) is 0 Å². The highest BCUT2D eigenvalue weighted by atomic mass is 32.1. The average Bonchev–Trinajstić information content (AvgIpc) is 4.19. The predicted molar refractivity (Wildman–Crippen MR) is 294 cm³/mol. The highest BCUT2D eigenvalue weighted by molar-refractivity contribution is 7.22. The molecule has 0 aliphatic heterocycles. The number of para-hydroxylation sites is 4. The first-order valence-electron chi connectivity index (χ1n) is 23.7. The van der Waals surface area contributed by atoms with Crippen LogP contribution in [0.5, 0.6) is 0 Å². The summed E-state index contributed by atoms with van der Waals surface area (Å²) in [6, 6.07) is 85.5. The van der Waals surface area contributed by atoms with Gasteiger partial charge in [0.1, 0.15) is 0 Å². The van der Waals surface area contributed by atoms with Gasteiger partial charge >= 0.3 is 0 Å². The second-order valence-electron chi connectivity index (χ2n) is 18.2. The van der Waals surface area contributed by atoms with E-state index in [0.29, 0.717) is 5.95 Å². The van der Waals surface area contributed by atoms with Gasteiger partial charge in [-0.3, -0.25) is 4.57 Å². The Morgan fingerprint density at radius 2 is 0.800 bits per heavy atom. The van der Waals surface area contributed by atoms with E-state index < -0.39 is 0 Å². The van der Waals surface area contributed by atoms with Crippen LogP contribution in [0.3, 0.4) is 0 Å². The fraction of sp³-hybridized carbons (Fsp3) is 0. The Kier molecular flexibility index (Phi) is 8.46. The van der Waals surface area contributed by atoms with Crippen molar-refractivity contribution in [2.45, 2.75) is 0 Å². The van der Waals surface area contributed by atoms with E-state index >= 15 is 0 Å². The van der Waals surface area contributed by atoms with Crippen LogP contribution in [-0.2, 0) is 0 Å². The van der Waals surface area contributed by atoms with Crippen molar-refractivity contribution in [1.82, 2.24) is 23.7 Å². The molecule has 15 rings (SSSR count). The van der Waals surface area contributed by atoms with Crippen LogP contribution in [0.4, 0.5) is 0 Å². The molecule has 5 heterocycles. The van der Waals surface area contributed by atoms with Gasteiger partial charge in [0.05, 0.1) is 49.0 Å². The van der Waals surface area contributed by atoms with Crippen molar-refractivity contribution in [3.8, 4) is 50.1 Å². The van der Waals surface area contributed by atoms with Crippen LogP contribution in [0.2, 0.25) is 0 Å². The molecular formula is C64H39N5S. The summed E-state index contributed by atoms with van der Waals surface area (Å²) in [4.78, 5) is 12.4. The van der Waals surface area contributed by atoms with Gasteiger partial charge < -0.3 is 9.13 Å². The maximum Gasteiger partial charge on any atom is 0.235 e. The summed E-state index contributed by atoms with van der Waals surface area (Å²) in [5, 5.41) is 9.49. The normalized spacial score (nSPS) is 12.0. The summed E-state index contributed by atoms with van der Waals surface area (Å²) in [6.45, 7) is 0. The number of benzene rings is 10. The lowest BCUT2D eigenvalue weighted by molar-refractivity contribution is 1.02. The molecule has 0 radical (unpaired) electrons. The summed E-state index contributed by atoms with van der Waals surface area (Å²) in [5.74, 6) is 0.644. The summed E-state index contributed by atoms with van der Waals surface area (Å²) in [5.41, 5.74) is 15.5. The lowest BCUT2D eigenvalue weighted by atomic mass is 10.00. The molecule has 0 aliphatic carbocycles. The average molecular weight is 910 g/mol. The molecule has 70 heavy (non-hydrogen) atoms. The molecule has 5 aromatic heterocycles. The fourth-order valence-corrected chi connectivity index (χ4v) is 12.2. The minimum Gasteiger partial charge on any atom is -0.309 e. The highest BCUT2D eigenvalue weighted by Crippen LogP contribution is 2.44. The van der Waals surface area contributed by atoms with Crippen molar-refractivity contribution in [1.29, 1.82) is 0 Å². The molecule has 10 aromatic carbocycles. The molecule has 0 fully saturated rings. The molecule has 326 valence electrons. The lowest BCUT2D eigenvalue weighted by Crippen LogP contribution is -2.03. The maximum atomic E-state index is 5.70. The number of nitrogens with zero attached hydrogens (tertiary/aromatic N) is 5. The number of hydrogen-bond acceptors (Lipinski definition) is 3. The first-order valence-corrected chi connectivity index (χ1v) is 24.5. The van der Waals surface area contributed by atoms with Crippen LogP contribution in [0, 0.1) is 0 Å². The molecule has 0 atom stereocenters. The maximum absolute atomic E-state index is 5.70. The van der Waals surface area contributed by atoms with Gasteiger partial charge in [-0.1, -0.05) is 158 Å².